The summed E-state index contributed by atoms with van der Waals surface area (Å²) in [6, 6.07) is 5.28. The maximum atomic E-state index is 12.1. The third kappa shape index (κ3) is 3.78. The number of hydrogen-bond acceptors (Lipinski definition) is 4. The fraction of sp³-hybridized carbons (Fsp3) is 0.462. The van der Waals surface area contributed by atoms with E-state index in [1.807, 2.05) is 0 Å². The van der Waals surface area contributed by atoms with Crippen molar-refractivity contribution in [1.29, 1.82) is 0 Å². The summed E-state index contributed by atoms with van der Waals surface area (Å²) in [4.78, 5) is 10.8. The van der Waals surface area contributed by atoms with Gasteiger partial charge in [0.25, 0.3) is 0 Å². The molecule has 1 saturated heterocycles. The van der Waals surface area contributed by atoms with Gasteiger partial charge in [-0.2, -0.15) is 0 Å². The fourth-order valence-electron chi connectivity index (χ4n) is 2.05. The van der Waals surface area contributed by atoms with Crippen molar-refractivity contribution >= 4 is 16.0 Å². The SMILES string of the molecule is O=C(O)c1cccc(S(=O)(=O)NCC2CCCCO2)c1. The van der Waals surface area contributed by atoms with Gasteiger partial charge in [-0.15, -0.1) is 0 Å². The maximum absolute atomic E-state index is 12.1. The van der Waals surface area contributed by atoms with E-state index in [-0.39, 0.29) is 23.1 Å². The number of hydrogen-bond donors (Lipinski definition) is 2. The molecule has 1 aliphatic heterocycles. The first-order valence-electron chi connectivity index (χ1n) is 6.44. The minimum absolute atomic E-state index is 0.0480. The molecule has 0 aromatic heterocycles. The smallest absolute Gasteiger partial charge is 0.335 e. The predicted molar refractivity (Wildman–Crippen MR) is 72.2 cm³/mol. The summed E-state index contributed by atoms with van der Waals surface area (Å²) in [6.07, 6.45) is 2.75. The van der Waals surface area contributed by atoms with Gasteiger partial charge in [-0.1, -0.05) is 6.07 Å². The Morgan fingerprint density at radius 3 is 2.85 bits per heavy atom. The van der Waals surface area contributed by atoms with Gasteiger partial charge >= 0.3 is 5.97 Å². The summed E-state index contributed by atoms with van der Waals surface area (Å²) in [6.45, 7) is 0.862. The average Bonchev–Trinajstić information content (AvgIpc) is 2.46. The highest BCUT2D eigenvalue weighted by molar-refractivity contribution is 7.89. The molecule has 2 N–H and O–H groups in total. The van der Waals surface area contributed by atoms with Crippen LogP contribution in [0.1, 0.15) is 29.6 Å². The third-order valence-electron chi connectivity index (χ3n) is 3.17. The van der Waals surface area contributed by atoms with Gasteiger partial charge in [-0.05, 0) is 37.5 Å². The molecule has 7 heteroatoms. The zero-order valence-corrected chi connectivity index (χ0v) is 11.7. The van der Waals surface area contributed by atoms with E-state index in [0.717, 1.165) is 25.3 Å². The van der Waals surface area contributed by atoms with Crippen LogP contribution in [0, 0.1) is 0 Å². The van der Waals surface area contributed by atoms with Gasteiger partial charge in [0.1, 0.15) is 0 Å². The molecule has 1 atom stereocenters. The van der Waals surface area contributed by atoms with Crippen LogP contribution in [0.2, 0.25) is 0 Å². The van der Waals surface area contributed by atoms with Crippen LogP contribution in [-0.2, 0) is 14.8 Å². The molecule has 0 bridgehead atoms. The van der Waals surface area contributed by atoms with Gasteiger partial charge in [0, 0.05) is 13.2 Å². The van der Waals surface area contributed by atoms with Crippen LogP contribution in [0.5, 0.6) is 0 Å². The highest BCUT2D eigenvalue weighted by Crippen LogP contribution is 2.14. The first-order chi connectivity index (χ1) is 9.49. The van der Waals surface area contributed by atoms with Gasteiger partial charge in [-0.25, -0.2) is 17.9 Å². The third-order valence-corrected chi connectivity index (χ3v) is 4.59. The molecule has 0 radical (unpaired) electrons. The Morgan fingerprint density at radius 2 is 2.20 bits per heavy atom. The Morgan fingerprint density at radius 1 is 1.40 bits per heavy atom. The second-order valence-electron chi connectivity index (χ2n) is 4.67. The number of carboxylic acids is 1. The summed E-state index contributed by atoms with van der Waals surface area (Å²) in [5.41, 5.74) is -0.0539. The van der Waals surface area contributed by atoms with Crippen molar-refractivity contribution in [2.24, 2.45) is 0 Å². The summed E-state index contributed by atoms with van der Waals surface area (Å²) in [7, 11) is -3.71. The van der Waals surface area contributed by atoms with Crippen LogP contribution in [-0.4, -0.2) is 38.7 Å². The number of carboxylic acid groups (broad SMARTS) is 1. The number of ether oxygens (including phenoxy) is 1. The van der Waals surface area contributed by atoms with E-state index in [1.165, 1.54) is 18.2 Å². The molecule has 20 heavy (non-hydrogen) atoms. The lowest BCUT2D eigenvalue weighted by Crippen LogP contribution is -2.35. The minimum atomic E-state index is -3.71. The molecule has 1 unspecified atom stereocenters. The van der Waals surface area contributed by atoms with E-state index in [2.05, 4.69) is 4.72 Å². The van der Waals surface area contributed by atoms with Gasteiger partial charge in [0.15, 0.2) is 0 Å². The van der Waals surface area contributed by atoms with Gasteiger partial charge in [0.2, 0.25) is 10.0 Å². The number of sulfonamides is 1. The molecule has 110 valence electrons. The Kier molecular flexibility index (Phi) is 4.74. The number of benzene rings is 1. The Labute approximate surface area is 117 Å². The van der Waals surface area contributed by atoms with E-state index in [4.69, 9.17) is 9.84 Å². The van der Waals surface area contributed by atoms with Crippen LogP contribution in [0.3, 0.4) is 0 Å². The predicted octanol–water partition coefficient (Wildman–Crippen LogP) is 1.23. The van der Waals surface area contributed by atoms with Crippen LogP contribution in [0.15, 0.2) is 29.2 Å². The zero-order valence-electron chi connectivity index (χ0n) is 10.9. The number of rotatable bonds is 5. The molecule has 1 heterocycles. The second-order valence-corrected chi connectivity index (χ2v) is 6.44. The minimum Gasteiger partial charge on any atom is -0.478 e. The summed E-state index contributed by atoms with van der Waals surface area (Å²) in [5, 5.41) is 8.87. The number of carbonyl (C=O) groups is 1. The van der Waals surface area contributed by atoms with E-state index in [1.54, 1.807) is 0 Å². The molecule has 0 amide bonds. The molecule has 6 nitrogen and oxygen atoms in total. The molecule has 0 saturated carbocycles. The van der Waals surface area contributed by atoms with Crippen molar-refractivity contribution in [3.8, 4) is 0 Å². The van der Waals surface area contributed by atoms with Gasteiger partial charge in [-0.3, -0.25) is 0 Å². The highest BCUT2D eigenvalue weighted by atomic mass is 32.2. The topological polar surface area (TPSA) is 92.7 Å². The number of nitrogens with one attached hydrogen (secondary N) is 1. The van der Waals surface area contributed by atoms with E-state index in [9.17, 15) is 13.2 Å². The lowest BCUT2D eigenvalue weighted by molar-refractivity contribution is 0.0200. The Bertz CT molecular complexity index is 578. The Hall–Kier alpha value is -1.44. The lowest BCUT2D eigenvalue weighted by Gasteiger charge is -2.22. The molecule has 1 fully saturated rings. The summed E-state index contributed by atoms with van der Waals surface area (Å²) in [5.74, 6) is -1.15. The molecule has 0 aliphatic carbocycles. The average molecular weight is 299 g/mol. The first-order valence-corrected chi connectivity index (χ1v) is 7.92. The van der Waals surface area contributed by atoms with Crippen LogP contribution >= 0.6 is 0 Å². The van der Waals surface area contributed by atoms with Crippen molar-refractivity contribution in [2.45, 2.75) is 30.3 Å². The molecule has 1 aromatic carbocycles. The van der Waals surface area contributed by atoms with E-state index >= 15 is 0 Å². The van der Waals surface area contributed by atoms with Crippen LogP contribution < -0.4 is 4.72 Å². The van der Waals surface area contributed by atoms with E-state index < -0.39 is 16.0 Å². The molecular weight excluding hydrogens is 282 g/mol. The van der Waals surface area contributed by atoms with E-state index in [0.29, 0.717) is 6.61 Å². The maximum Gasteiger partial charge on any atom is 0.335 e. The zero-order chi connectivity index (χ0) is 14.6. The Balaban J connectivity index is 2.05. The molecule has 1 aromatic rings. The fourth-order valence-corrected chi connectivity index (χ4v) is 3.16. The summed E-state index contributed by atoms with van der Waals surface area (Å²) < 4.78 is 32.1. The molecule has 0 spiro atoms. The normalized spacial score (nSPS) is 19.7. The largest absolute Gasteiger partial charge is 0.478 e. The highest BCUT2D eigenvalue weighted by Gasteiger charge is 2.20. The monoisotopic (exact) mass is 299 g/mol. The standard InChI is InChI=1S/C13H17NO5S/c15-13(16)10-4-3-6-12(8-10)20(17,18)14-9-11-5-1-2-7-19-11/h3-4,6,8,11,14H,1-2,5,7,9H2,(H,15,16). The van der Waals surface area contributed by atoms with Gasteiger partial charge < -0.3 is 9.84 Å². The van der Waals surface area contributed by atoms with Crippen molar-refractivity contribution in [3.63, 3.8) is 0 Å². The summed E-state index contributed by atoms with van der Waals surface area (Å²) >= 11 is 0. The number of aromatic carboxylic acids is 1. The van der Waals surface area contributed by atoms with Crippen molar-refractivity contribution < 1.29 is 23.1 Å². The quantitative estimate of drug-likeness (QED) is 0.853. The molecule has 1 aliphatic rings. The molecular formula is C13H17NO5S. The van der Waals surface area contributed by atoms with Crippen molar-refractivity contribution in [2.75, 3.05) is 13.2 Å². The van der Waals surface area contributed by atoms with Crippen LogP contribution in [0.25, 0.3) is 0 Å². The molecule has 2 rings (SSSR count). The van der Waals surface area contributed by atoms with Gasteiger partial charge in [0.05, 0.1) is 16.6 Å². The van der Waals surface area contributed by atoms with Crippen molar-refractivity contribution in [1.82, 2.24) is 4.72 Å². The van der Waals surface area contributed by atoms with Crippen LogP contribution in [0.4, 0.5) is 0 Å². The second kappa shape index (κ2) is 6.34. The first kappa shape index (κ1) is 15.0. The van der Waals surface area contributed by atoms with Crippen molar-refractivity contribution in [3.05, 3.63) is 29.8 Å². The lowest BCUT2D eigenvalue weighted by atomic mass is 10.1.